The number of anilines is 2. The Kier molecular flexibility index (Phi) is 4.02. The summed E-state index contributed by atoms with van der Waals surface area (Å²) in [5.41, 5.74) is 1.35. The summed E-state index contributed by atoms with van der Waals surface area (Å²) in [5.74, 6) is -0.377. The first-order valence-corrected chi connectivity index (χ1v) is 6.39. The van der Waals surface area contributed by atoms with Crippen molar-refractivity contribution in [2.45, 2.75) is 13.8 Å². The van der Waals surface area contributed by atoms with Crippen LogP contribution in [0.1, 0.15) is 13.8 Å². The fraction of sp³-hybridized carbons (Fsp3) is 0.357. The number of carbonyl (C=O) groups excluding carboxylic acids is 3. The van der Waals surface area contributed by atoms with E-state index in [0.29, 0.717) is 24.5 Å². The van der Waals surface area contributed by atoms with Crippen LogP contribution >= 0.6 is 0 Å². The van der Waals surface area contributed by atoms with Gasteiger partial charge in [0.05, 0.1) is 5.92 Å². The largest absolute Gasteiger partial charge is 0.341 e. The fourth-order valence-electron chi connectivity index (χ4n) is 1.99. The van der Waals surface area contributed by atoms with Crippen LogP contribution in [0.4, 0.5) is 11.4 Å². The van der Waals surface area contributed by atoms with Gasteiger partial charge in [-0.15, -0.1) is 0 Å². The standard InChI is InChI=1S/C14H17N3O3/c1-9(18)15-12-3-5-13(6-4-12)16-14(20)11-7-17(8-11)10(2)19/h3-6,11H,7-8H2,1-2H3,(H,15,18)(H,16,20). The van der Waals surface area contributed by atoms with Gasteiger partial charge in [0.25, 0.3) is 0 Å². The zero-order valence-electron chi connectivity index (χ0n) is 11.5. The summed E-state index contributed by atoms with van der Waals surface area (Å²) in [7, 11) is 0. The number of benzene rings is 1. The maximum Gasteiger partial charge on any atom is 0.231 e. The number of hydrogen-bond donors (Lipinski definition) is 2. The van der Waals surface area contributed by atoms with Gasteiger partial charge in [-0.05, 0) is 24.3 Å². The van der Waals surface area contributed by atoms with Gasteiger partial charge in [0.15, 0.2) is 0 Å². The number of rotatable bonds is 3. The van der Waals surface area contributed by atoms with Gasteiger partial charge in [0, 0.05) is 38.3 Å². The fourth-order valence-corrected chi connectivity index (χ4v) is 1.99. The lowest BCUT2D eigenvalue weighted by Gasteiger charge is -2.37. The second kappa shape index (κ2) is 5.73. The molecule has 1 heterocycles. The summed E-state index contributed by atoms with van der Waals surface area (Å²) in [6.45, 7) is 3.89. The van der Waals surface area contributed by atoms with E-state index in [4.69, 9.17) is 0 Å². The van der Waals surface area contributed by atoms with Gasteiger partial charge in [-0.25, -0.2) is 0 Å². The number of hydrogen-bond acceptors (Lipinski definition) is 3. The highest BCUT2D eigenvalue weighted by atomic mass is 16.2. The van der Waals surface area contributed by atoms with Crippen molar-refractivity contribution < 1.29 is 14.4 Å². The summed E-state index contributed by atoms with van der Waals surface area (Å²) in [4.78, 5) is 35.5. The highest BCUT2D eigenvalue weighted by molar-refractivity contribution is 5.95. The van der Waals surface area contributed by atoms with Gasteiger partial charge in [0.1, 0.15) is 0 Å². The van der Waals surface area contributed by atoms with Gasteiger partial charge in [-0.1, -0.05) is 0 Å². The smallest absolute Gasteiger partial charge is 0.231 e. The first-order valence-electron chi connectivity index (χ1n) is 6.39. The molecule has 2 N–H and O–H groups in total. The predicted molar refractivity (Wildman–Crippen MR) is 75.1 cm³/mol. The third-order valence-corrected chi connectivity index (χ3v) is 3.17. The van der Waals surface area contributed by atoms with Crippen LogP contribution in [0.15, 0.2) is 24.3 Å². The first-order chi connectivity index (χ1) is 9.45. The van der Waals surface area contributed by atoms with Crippen LogP contribution in [-0.4, -0.2) is 35.7 Å². The van der Waals surface area contributed by atoms with E-state index in [-0.39, 0.29) is 23.6 Å². The quantitative estimate of drug-likeness (QED) is 0.865. The lowest BCUT2D eigenvalue weighted by atomic mass is 9.99. The van der Waals surface area contributed by atoms with E-state index in [1.165, 1.54) is 13.8 Å². The average molecular weight is 275 g/mol. The molecular weight excluding hydrogens is 258 g/mol. The van der Waals surface area contributed by atoms with Crippen LogP contribution in [0.3, 0.4) is 0 Å². The molecule has 1 aromatic rings. The van der Waals surface area contributed by atoms with Gasteiger partial charge < -0.3 is 15.5 Å². The zero-order chi connectivity index (χ0) is 14.7. The van der Waals surface area contributed by atoms with Crippen molar-refractivity contribution in [1.82, 2.24) is 4.90 Å². The van der Waals surface area contributed by atoms with Gasteiger partial charge in [-0.2, -0.15) is 0 Å². The van der Waals surface area contributed by atoms with Crippen LogP contribution in [0.5, 0.6) is 0 Å². The zero-order valence-corrected chi connectivity index (χ0v) is 11.5. The molecule has 3 amide bonds. The minimum atomic E-state index is -0.145. The predicted octanol–water partition coefficient (Wildman–Crippen LogP) is 1.06. The second-order valence-corrected chi connectivity index (χ2v) is 4.87. The van der Waals surface area contributed by atoms with Crippen molar-refractivity contribution >= 4 is 29.1 Å². The van der Waals surface area contributed by atoms with E-state index in [0.717, 1.165) is 0 Å². The van der Waals surface area contributed by atoms with Crippen LogP contribution < -0.4 is 10.6 Å². The van der Waals surface area contributed by atoms with Crippen LogP contribution in [0.25, 0.3) is 0 Å². The van der Waals surface area contributed by atoms with E-state index in [1.54, 1.807) is 29.2 Å². The summed E-state index contributed by atoms with van der Waals surface area (Å²) in [6, 6.07) is 6.90. The molecule has 1 aliphatic rings. The molecule has 20 heavy (non-hydrogen) atoms. The maximum atomic E-state index is 11.9. The van der Waals surface area contributed by atoms with Gasteiger partial charge >= 0.3 is 0 Å². The summed E-state index contributed by atoms with van der Waals surface area (Å²) >= 11 is 0. The molecule has 1 fully saturated rings. The van der Waals surface area contributed by atoms with Crippen molar-refractivity contribution in [3.05, 3.63) is 24.3 Å². The molecule has 2 rings (SSSR count). The van der Waals surface area contributed by atoms with Crippen molar-refractivity contribution in [3.8, 4) is 0 Å². The first kappa shape index (κ1) is 14.0. The topological polar surface area (TPSA) is 78.5 Å². The molecule has 0 aromatic heterocycles. The molecule has 0 bridgehead atoms. The number of likely N-dealkylation sites (tertiary alicyclic amines) is 1. The second-order valence-electron chi connectivity index (χ2n) is 4.87. The Balaban J connectivity index is 1.86. The highest BCUT2D eigenvalue weighted by Gasteiger charge is 2.33. The molecule has 0 spiro atoms. The molecule has 1 aliphatic heterocycles. The molecule has 1 saturated heterocycles. The monoisotopic (exact) mass is 275 g/mol. The number of carbonyl (C=O) groups is 3. The van der Waals surface area contributed by atoms with E-state index < -0.39 is 0 Å². The Hall–Kier alpha value is -2.37. The molecule has 1 aromatic carbocycles. The summed E-state index contributed by atoms with van der Waals surface area (Å²) < 4.78 is 0. The van der Waals surface area contributed by atoms with E-state index in [2.05, 4.69) is 10.6 Å². The third-order valence-electron chi connectivity index (χ3n) is 3.17. The van der Waals surface area contributed by atoms with Crippen LogP contribution in [-0.2, 0) is 14.4 Å². The maximum absolute atomic E-state index is 11.9. The Bertz CT molecular complexity index is 533. The van der Waals surface area contributed by atoms with E-state index in [9.17, 15) is 14.4 Å². The molecule has 6 heteroatoms. The number of amides is 3. The molecule has 106 valence electrons. The molecule has 0 aliphatic carbocycles. The Morgan fingerprint density at radius 1 is 1.00 bits per heavy atom. The third kappa shape index (κ3) is 3.34. The van der Waals surface area contributed by atoms with Crippen LogP contribution in [0.2, 0.25) is 0 Å². The minimum Gasteiger partial charge on any atom is -0.341 e. The molecule has 0 unspecified atom stereocenters. The van der Waals surface area contributed by atoms with Crippen LogP contribution in [0, 0.1) is 5.92 Å². The average Bonchev–Trinajstić information content (AvgIpc) is 2.28. The lowest BCUT2D eigenvalue weighted by Crippen LogP contribution is -2.53. The summed E-state index contributed by atoms with van der Waals surface area (Å²) in [5, 5.41) is 5.45. The highest BCUT2D eigenvalue weighted by Crippen LogP contribution is 2.19. The molecule has 0 radical (unpaired) electrons. The summed E-state index contributed by atoms with van der Waals surface area (Å²) in [6.07, 6.45) is 0. The van der Waals surface area contributed by atoms with E-state index >= 15 is 0 Å². The Labute approximate surface area is 117 Å². The lowest BCUT2D eigenvalue weighted by molar-refractivity contribution is -0.139. The number of nitrogens with one attached hydrogen (secondary N) is 2. The van der Waals surface area contributed by atoms with Crippen molar-refractivity contribution in [1.29, 1.82) is 0 Å². The Morgan fingerprint density at radius 3 is 1.95 bits per heavy atom. The van der Waals surface area contributed by atoms with Crippen molar-refractivity contribution in [2.24, 2.45) is 5.92 Å². The molecular formula is C14H17N3O3. The molecule has 6 nitrogen and oxygen atoms in total. The number of nitrogens with zero attached hydrogens (tertiary/aromatic N) is 1. The van der Waals surface area contributed by atoms with Gasteiger partial charge in [-0.3, -0.25) is 14.4 Å². The molecule has 0 saturated carbocycles. The van der Waals surface area contributed by atoms with E-state index in [1.807, 2.05) is 0 Å². The normalized spacial score (nSPS) is 14.4. The van der Waals surface area contributed by atoms with Crippen molar-refractivity contribution in [3.63, 3.8) is 0 Å². The minimum absolute atomic E-state index is 0.00582. The van der Waals surface area contributed by atoms with Crippen molar-refractivity contribution in [2.75, 3.05) is 23.7 Å². The SMILES string of the molecule is CC(=O)Nc1ccc(NC(=O)C2CN(C(C)=O)C2)cc1. The molecule has 0 atom stereocenters. The Morgan fingerprint density at radius 2 is 1.50 bits per heavy atom. The van der Waals surface area contributed by atoms with Gasteiger partial charge in [0.2, 0.25) is 17.7 Å².